The van der Waals surface area contributed by atoms with Crippen LogP contribution in [0.1, 0.15) is 19.4 Å². The third kappa shape index (κ3) is 2.85. The fourth-order valence-electron chi connectivity index (χ4n) is 1.70. The van der Waals surface area contributed by atoms with Crippen molar-refractivity contribution in [3.05, 3.63) is 22.7 Å². The van der Waals surface area contributed by atoms with Gasteiger partial charge in [0.15, 0.2) is 11.5 Å². The third-order valence-corrected chi connectivity index (χ3v) is 3.08. The first-order chi connectivity index (χ1) is 8.02. The van der Waals surface area contributed by atoms with Crippen LogP contribution < -0.4 is 9.47 Å². The van der Waals surface area contributed by atoms with Crippen LogP contribution in [0.15, 0.2) is 12.1 Å². The van der Waals surface area contributed by atoms with E-state index in [0.29, 0.717) is 36.2 Å². The van der Waals surface area contributed by atoms with Gasteiger partial charge in [0.2, 0.25) is 0 Å². The summed E-state index contributed by atoms with van der Waals surface area (Å²) in [7, 11) is 0. The molecule has 1 aliphatic heterocycles. The summed E-state index contributed by atoms with van der Waals surface area (Å²) in [5.74, 6) is 1.39. The van der Waals surface area contributed by atoms with E-state index in [1.54, 1.807) is 6.07 Å². The Morgan fingerprint density at radius 3 is 2.41 bits per heavy atom. The van der Waals surface area contributed by atoms with Gasteiger partial charge in [-0.3, -0.25) is 0 Å². The van der Waals surface area contributed by atoms with Crippen molar-refractivity contribution in [2.45, 2.75) is 20.3 Å². The number of aliphatic hydroxyl groups excluding tert-OH is 1. The van der Waals surface area contributed by atoms with Crippen LogP contribution in [0.5, 0.6) is 11.5 Å². The van der Waals surface area contributed by atoms with Gasteiger partial charge in [0.05, 0.1) is 13.2 Å². The number of aliphatic hydroxyl groups is 1. The number of hydrogen-bond acceptors (Lipinski definition) is 3. The summed E-state index contributed by atoms with van der Waals surface area (Å²) in [6.07, 6.45) is 0.527. The highest BCUT2D eigenvalue weighted by Gasteiger charge is 2.25. The van der Waals surface area contributed by atoms with Crippen molar-refractivity contribution >= 4 is 11.6 Å². The summed E-state index contributed by atoms with van der Waals surface area (Å²) in [6.45, 7) is 5.48. The minimum absolute atomic E-state index is 0.0113. The average Bonchev–Trinajstić information content (AvgIpc) is 2.40. The predicted molar refractivity (Wildman–Crippen MR) is 67.0 cm³/mol. The van der Waals surface area contributed by atoms with Crippen LogP contribution >= 0.6 is 11.6 Å². The number of rotatable bonds is 2. The summed E-state index contributed by atoms with van der Waals surface area (Å²) < 4.78 is 11.4. The van der Waals surface area contributed by atoms with Crippen LogP contribution in [0, 0.1) is 5.41 Å². The molecule has 1 aromatic rings. The topological polar surface area (TPSA) is 38.7 Å². The molecular formula is C13H17ClO3. The second-order valence-corrected chi connectivity index (χ2v) is 5.51. The Labute approximate surface area is 106 Å². The standard InChI is InChI=1S/C13H17ClO3/c1-13(2)7-16-11-5-9(3-4-15)10(14)6-12(11)17-8-13/h5-6,15H,3-4,7-8H2,1-2H3. The maximum absolute atomic E-state index is 8.96. The van der Waals surface area contributed by atoms with E-state index < -0.39 is 0 Å². The fourth-order valence-corrected chi connectivity index (χ4v) is 1.95. The summed E-state index contributed by atoms with van der Waals surface area (Å²) in [5.41, 5.74) is 0.874. The lowest BCUT2D eigenvalue weighted by atomic mass is 9.97. The Morgan fingerprint density at radius 2 is 1.82 bits per heavy atom. The Balaban J connectivity index is 2.31. The van der Waals surface area contributed by atoms with E-state index in [2.05, 4.69) is 13.8 Å². The zero-order valence-corrected chi connectivity index (χ0v) is 10.9. The minimum atomic E-state index is -0.0113. The molecule has 0 radical (unpaired) electrons. The number of ether oxygens (including phenoxy) is 2. The first kappa shape index (κ1) is 12.5. The molecule has 0 fully saturated rings. The fraction of sp³-hybridized carbons (Fsp3) is 0.538. The Morgan fingerprint density at radius 1 is 1.24 bits per heavy atom. The summed E-state index contributed by atoms with van der Waals surface area (Å²) >= 11 is 6.12. The largest absolute Gasteiger partial charge is 0.489 e. The van der Waals surface area contributed by atoms with Gasteiger partial charge in [0, 0.05) is 23.1 Å². The second kappa shape index (κ2) is 4.75. The molecule has 0 saturated carbocycles. The SMILES string of the molecule is CC1(C)COc2cc(Cl)c(CCO)cc2OC1. The first-order valence-electron chi connectivity index (χ1n) is 5.71. The molecule has 0 spiro atoms. The molecular weight excluding hydrogens is 240 g/mol. The van der Waals surface area contributed by atoms with Gasteiger partial charge in [0.1, 0.15) is 0 Å². The van der Waals surface area contributed by atoms with E-state index in [4.69, 9.17) is 26.2 Å². The molecule has 0 unspecified atom stereocenters. The van der Waals surface area contributed by atoms with Gasteiger partial charge in [-0.1, -0.05) is 25.4 Å². The van der Waals surface area contributed by atoms with Gasteiger partial charge in [-0.15, -0.1) is 0 Å². The van der Waals surface area contributed by atoms with Gasteiger partial charge in [-0.2, -0.15) is 0 Å². The lowest BCUT2D eigenvalue weighted by Crippen LogP contribution is -2.26. The Bertz CT molecular complexity index is 415. The van der Waals surface area contributed by atoms with E-state index >= 15 is 0 Å². The molecule has 0 bridgehead atoms. The van der Waals surface area contributed by atoms with E-state index in [0.717, 1.165) is 5.56 Å². The van der Waals surface area contributed by atoms with Crippen molar-refractivity contribution in [2.75, 3.05) is 19.8 Å². The molecule has 0 atom stereocenters. The zero-order chi connectivity index (χ0) is 12.5. The summed E-state index contributed by atoms with van der Waals surface area (Å²) in [4.78, 5) is 0. The predicted octanol–water partition coefficient (Wildman–Crippen LogP) is 2.67. The quantitative estimate of drug-likeness (QED) is 0.884. The molecule has 0 amide bonds. The molecule has 1 aliphatic rings. The molecule has 4 heteroatoms. The summed E-state index contributed by atoms with van der Waals surface area (Å²) in [6, 6.07) is 3.62. The van der Waals surface area contributed by atoms with E-state index in [-0.39, 0.29) is 12.0 Å². The molecule has 0 aliphatic carbocycles. The normalized spacial score (nSPS) is 17.6. The molecule has 17 heavy (non-hydrogen) atoms. The van der Waals surface area contributed by atoms with Gasteiger partial charge >= 0.3 is 0 Å². The lowest BCUT2D eigenvalue weighted by Gasteiger charge is -2.19. The van der Waals surface area contributed by atoms with Crippen LogP contribution in [0.3, 0.4) is 0 Å². The Kier molecular flexibility index (Phi) is 3.50. The number of benzene rings is 1. The smallest absolute Gasteiger partial charge is 0.162 e. The van der Waals surface area contributed by atoms with Crippen LogP contribution in [-0.2, 0) is 6.42 Å². The van der Waals surface area contributed by atoms with E-state index in [9.17, 15) is 0 Å². The van der Waals surface area contributed by atoms with Gasteiger partial charge in [-0.25, -0.2) is 0 Å². The van der Waals surface area contributed by atoms with Crippen molar-refractivity contribution in [2.24, 2.45) is 5.41 Å². The minimum Gasteiger partial charge on any atom is -0.489 e. The monoisotopic (exact) mass is 256 g/mol. The van der Waals surface area contributed by atoms with Crippen LogP contribution in [-0.4, -0.2) is 24.9 Å². The highest BCUT2D eigenvalue weighted by atomic mass is 35.5. The molecule has 0 aromatic heterocycles. The van der Waals surface area contributed by atoms with Crippen molar-refractivity contribution in [3.63, 3.8) is 0 Å². The molecule has 94 valence electrons. The number of hydrogen-bond donors (Lipinski definition) is 1. The Hall–Kier alpha value is -0.930. The van der Waals surface area contributed by atoms with Crippen LogP contribution in [0.4, 0.5) is 0 Å². The van der Waals surface area contributed by atoms with E-state index in [1.165, 1.54) is 0 Å². The maximum Gasteiger partial charge on any atom is 0.162 e. The molecule has 2 rings (SSSR count). The lowest BCUT2D eigenvalue weighted by molar-refractivity contribution is 0.140. The highest BCUT2D eigenvalue weighted by Crippen LogP contribution is 2.37. The van der Waals surface area contributed by atoms with Crippen LogP contribution in [0.25, 0.3) is 0 Å². The third-order valence-electron chi connectivity index (χ3n) is 2.73. The van der Waals surface area contributed by atoms with E-state index in [1.807, 2.05) is 6.07 Å². The zero-order valence-electron chi connectivity index (χ0n) is 10.1. The molecule has 1 heterocycles. The van der Waals surface area contributed by atoms with Gasteiger partial charge in [-0.05, 0) is 18.1 Å². The van der Waals surface area contributed by atoms with Gasteiger partial charge < -0.3 is 14.6 Å². The molecule has 1 aromatic carbocycles. The van der Waals surface area contributed by atoms with Gasteiger partial charge in [0.25, 0.3) is 0 Å². The van der Waals surface area contributed by atoms with Crippen molar-refractivity contribution in [1.29, 1.82) is 0 Å². The average molecular weight is 257 g/mol. The molecule has 0 saturated heterocycles. The summed E-state index contributed by atoms with van der Waals surface area (Å²) in [5, 5.41) is 9.57. The number of halogens is 1. The van der Waals surface area contributed by atoms with Crippen LogP contribution in [0.2, 0.25) is 5.02 Å². The second-order valence-electron chi connectivity index (χ2n) is 5.11. The first-order valence-corrected chi connectivity index (χ1v) is 6.08. The molecule has 1 N–H and O–H groups in total. The van der Waals surface area contributed by atoms with Crippen molar-refractivity contribution in [3.8, 4) is 11.5 Å². The maximum atomic E-state index is 8.96. The van der Waals surface area contributed by atoms with Crippen molar-refractivity contribution < 1.29 is 14.6 Å². The van der Waals surface area contributed by atoms with Crippen molar-refractivity contribution in [1.82, 2.24) is 0 Å². The highest BCUT2D eigenvalue weighted by molar-refractivity contribution is 6.31. The number of fused-ring (bicyclic) bond motifs is 1. The molecule has 3 nitrogen and oxygen atoms in total.